The average molecular weight is 347 g/mol. The van der Waals surface area contributed by atoms with Crippen LogP contribution in [0.3, 0.4) is 0 Å². The molecule has 1 atom stereocenters. The fourth-order valence-corrected chi connectivity index (χ4v) is 4.17. The topological polar surface area (TPSA) is 70.2 Å². The number of nitrogens with one attached hydrogen (secondary N) is 3. The predicted molar refractivity (Wildman–Crippen MR) is 96.2 cm³/mol. The van der Waals surface area contributed by atoms with Gasteiger partial charge in [-0.3, -0.25) is 4.79 Å². The molecule has 3 N–H and O–H groups in total. The van der Waals surface area contributed by atoms with Gasteiger partial charge in [-0.1, -0.05) is 17.7 Å². The maximum atomic E-state index is 12.1. The van der Waals surface area contributed by atoms with Crippen molar-refractivity contribution in [2.24, 2.45) is 0 Å². The quantitative estimate of drug-likeness (QED) is 0.566. The van der Waals surface area contributed by atoms with Crippen LogP contribution in [0, 0.1) is 6.92 Å². The average Bonchev–Trinajstić information content (AvgIpc) is 2.53. The molecule has 0 unspecified atom stereocenters. The smallest absolute Gasteiger partial charge is 0.315 e. The van der Waals surface area contributed by atoms with Crippen LogP contribution < -0.4 is 16.0 Å². The largest absolute Gasteiger partial charge is 0.349 e. The first-order valence-electron chi connectivity index (χ1n) is 8.62. The number of thioether (sulfide) groups is 1. The van der Waals surface area contributed by atoms with Gasteiger partial charge in [-0.25, -0.2) is 4.79 Å². The Labute approximate surface area is 147 Å². The van der Waals surface area contributed by atoms with Crippen LogP contribution in [0.15, 0.2) is 29.2 Å². The number of aryl methyl sites for hydroxylation is 1. The minimum Gasteiger partial charge on any atom is -0.349 e. The SMILES string of the molecule is Cc1ccc(SCCNC(=O)N[C@H]2CCC(=O)NC23CCC3)cc1. The summed E-state index contributed by atoms with van der Waals surface area (Å²) in [5.74, 6) is 0.950. The molecule has 1 saturated carbocycles. The summed E-state index contributed by atoms with van der Waals surface area (Å²) < 4.78 is 0. The van der Waals surface area contributed by atoms with E-state index in [4.69, 9.17) is 0 Å². The fourth-order valence-electron chi connectivity index (χ4n) is 3.40. The maximum Gasteiger partial charge on any atom is 0.315 e. The number of rotatable bonds is 5. The van der Waals surface area contributed by atoms with E-state index in [1.165, 1.54) is 10.5 Å². The lowest BCUT2D eigenvalue weighted by Crippen LogP contribution is -2.69. The molecule has 3 rings (SSSR count). The van der Waals surface area contributed by atoms with Gasteiger partial charge in [0.25, 0.3) is 0 Å². The van der Waals surface area contributed by atoms with E-state index in [9.17, 15) is 9.59 Å². The summed E-state index contributed by atoms with van der Waals surface area (Å²) in [7, 11) is 0. The third-order valence-electron chi connectivity index (χ3n) is 4.94. The van der Waals surface area contributed by atoms with Crippen molar-refractivity contribution in [2.45, 2.75) is 55.5 Å². The first-order valence-corrected chi connectivity index (χ1v) is 9.61. The summed E-state index contributed by atoms with van der Waals surface area (Å²) in [6.07, 6.45) is 4.28. The monoisotopic (exact) mass is 347 g/mol. The lowest BCUT2D eigenvalue weighted by atomic mass is 9.68. The van der Waals surface area contributed by atoms with Crippen molar-refractivity contribution in [1.29, 1.82) is 0 Å². The normalized spacial score (nSPS) is 21.7. The Morgan fingerprint density at radius 2 is 2.08 bits per heavy atom. The van der Waals surface area contributed by atoms with Gasteiger partial charge in [0.15, 0.2) is 0 Å². The number of hydrogen-bond donors (Lipinski definition) is 3. The van der Waals surface area contributed by atoms with Crippen LogP contribution in [-0.2, 0) is 4.79 Å². The second-order valence-electron chi connectivity index (χ2n) is 6.71. The van der Waals surface area contributed by atoms with E-state index in [-0.39, 0.29) is 23.5 Å². The molecule has 2 fully saturated rings. The zero-order valence-corrected chi connectivity index (χ0v) is 14.9. The zero-order valence-electron chi connectivity index (χ0n) is 14.1. The second-order valence-corrected chi connectivity index (χ2v) is 7.88. The van der Waals surface area contributed by atoms with Crippen molar-refractivity contribution in [3.8, 4) is 0 Å². The van der Waals surface area contributed by atoms with E-state index in [0.717, 1.165) is 31.4 Å². The highest BCUT2D eigenvalue weighted by Gasteiger charge is 2.48. The molecule has 2 aliphatic rings. The first kappa shape index (κ1) is 17.1. The molecule has 24 heavy (non-hydrogen) atoms. The highest BCUT2D eigenvalue weighted by molar-refractivity contribution is 7.99. The molecule has 0 bridgehead atoms. The van der Waals surface area contributed by atoms with Gasteiger partial charge in [0, 0.05) is 23.6 Å². The molecule has 0 radical (unpaired) electrons. The summed E-state index contributed by atoms with van der Waals surface area (Å²) in [6.45, 7) is 2.69. The van der Waals surface area contributed by atoms with Crippen molar-refractivity contribution < 1.29 is 9.59 Å². The molecule has 1 spiro atoms. The predicted octanol–water partition coefficient (Wildman–Crippen LogP) is 2.59. The number of carbonyl (C=O) groups excluding carboxylic acids is 2. The Morgan fingerprint density at radius 1 is 1.33 bits per heavy atom. The van der Waals surface area contributed by atoms with Crippen molar-refractivity contribution in [3.05, 3.63) is 29.8 Å². The Kier molecular flexibility index (Phi) is 5.33. The minimum absolute atomic E-state index is 0.0497. The highest BCUT2D eigenvalue weighted by Crippen LogP contribution is 2.38. The van der Waals surface area contributed by atoms with Gasteiger partial charge in [0.1, 0.15) is 0 Å². The van der Waals surface area contributed by atoms with Crippen LogP contribution in [0.1, 0.15) is 37.7 Å². The molecule has 130 valence electrons. The van der Waals surface area contributed by atoms with E-state index in [0.29, 0.717) is 13.0 Å². The summed E-state index contributed by atoms with van der Waals surface area (Å²) in [5, 5.41) is 9.08. The van der Waals surface area contributed by atoms with Crippen LogP contribution in [0.2, 0.25) is 0 Å². The van der Waals surface area contributed by atoms with E-state index in [1.54, 1.807) is 11.8 Å². The molecule has 0 aromatic heterocycles. The van der Waals surface area contributed by atoms with Gasteiger partial charge < -0.3 is 16.0 Å². The van der Waals surface area contributed by atoms with Crippen LogP contribution in [0.5, 0.6) is 0 Å². The van der Waals surface area contributed by atoms with Gasteiger partial charge in [0.2, 0.25) is 5.91 Å². The highest BCUT2D eigenvalue weighted by atomic mass is 32.2. The van der Waals surface area contributed by atoms with Crippen molar-refractivity contribution >= 4 is 23.7 Å². The van der Waals surface area contributed by atoms with E-state index in [2.05, 4.69) is 47.1 Å². The lowest BCUT2D eigenvalue weighted by molar-refractivity contribution is -0.127. The van der Waals surface area contributed by atoms with Crippen molar-refractivity contribution in [1.82, 2.24) is 16.0 Å². The number of urea groups is 1. The summed E-state index contributed by atoms with van der Waals surface area (Å²) in [4.78, 5) is 25.0. The fraction of sp³-hybridized carbons (Fsp3) is 0.556. The molecule has 1 saturated heterocycles. The lowest BCUT2D eigenvalue weighted by Gasteiger charge is -2.50. The Bertz CT molecular complexity index is 599. The van der Waals surface area contributed by atoms with Crippen LogP contribution in [0.4, 0.5) is 4.79 Å². The Balaban J connectivity index is 1.39. The minimum atomic E-state index is -0.191. The van der Waals surface area contributed by atoms with Gasteiger partial charge in [-0.05, 0) is 44.7 Å². The third kappa shape index (κ3) is 4.04. The van der Waals surface area contributed by atoms with Crippen molar-refractivity contribution in [2.75, 3.05) is 12.3 Å². The molecule has 1 aromatic carbocycles. The molecule has 3 amide bonds. The van der Waals surface area contributed by atoms with Crippen LogP contribution in [0.25, 0.3) is 0 Å². The molecule has 5 nitrogen and oxygen atoms in total. The molecular weight excluding hydrogens is 322 g/mol. The zero-order chi connectivity index (χ0) is 17.0. The van der Waals surface area contributed by atoms with Crippen LogP contribution in [-0.4, -0.2) is 35.8 Å². The Morgan fingerprint density at radius 3 is 2.75 bits per heavy atom. The summed E-state index contributed by atoms with van der Waals surface area (Å²) in [6, 6.07) is 8.31. The Hall–Kier alpha value is -1.69. The molecule has 1 aliphatic heterocycles. The maximum absolute atomic E-state index is 12.1. The van der Waals surface area contributed by atoms with E-state index >= 15 is 0 Å². The molecule has 1 aliphatic carbocycles. The van der Waals surface area contributed by atoms with E-state index < -0.39 is 0 Å². The molecular formula is C18H25N3O2S. The first-order chi connectivity index (χ1) is 11.6. The van der Waals surface area contributed by atoms with Crippen molar-refractivity contribution in [3.63, 3.8) is 0 Å². The number of hydrogen-bond acceptors (Lipinski definition) is 3. The number of amides is 3. The third-order valence-corrected chi connectivity index (χ3v) is 5.96. The standard InChI is InChI=1S/C18H25N3O2S/c1-13-3-5-14(6-4-13)24-12-11-19-17(23)20-15-7-8-16(22)21-18(15)9-2-10-18/h3-6,15H,2,7-12H2,1H3,(H,21,22)(H2,19,20,23)/t15-/m0/s1. The van der Waals surface area contributed by atoms with Gasteiger partial charge >= 0.3 is 6.03 Å². The number of piperidine rings is 1. The van der Waals surface area contributed by atoms with E-state index in [1.807, 2.05) is 0 Å². The van der Waals surface area contributed by atoms with Crippen LogP contribution >= 0.6 is 11.8 Å². The second kappa shape index (κ2) is 7.47. The number of carbonyl (C=O) groups is 2. The molecule has 6 heteroatoms. The summed E-state index contributed by atoms with van der Waals surface area (Å²) in [5.41, 5.74) is 1.06. The molecule has 1 heterocycles. The number of benzene rings is 1. The van der Waals surface area contributed by atoms with Gasteiger partial charge in [0.05, 0.1) is 11.6 Å². The van der Waals surface area contributed by atoms with Gasteiger partial charge in [-0.15, -0.1) is 11.8 Å². The molecule has 1 aromatic rings. The summed E-state index contributed by atoms with van der Waals surface area (Å²) >= 11 is 1.73. The van der Waals surface area contributed by atoms with Gasteiger partial charge in [-0.2, -0.15) is 0 Å².